The minimum Gasteiger partial charge on any atom is -0.464 e. The Balaban J connectivity index is 1.59. The lowest BCUT2D eigenvalue weighted by molar-refractivity contribution is 0.295. The van der Waals surface area contributed by atoms with Crippen LogP contribution in [0.3, 0.4) is 0 Å². The van der Waals surface area contributed by atoms with Gasteiger partial charge in [0.15, 0.2) is 0 Å². The molecular formula is C22H19N3O. The van der Waals surface area contributed by atoms with Gasteiger partial charge < -0.3 is 9.32 Å². The van der Waals surface area contributed by atoms with Crippen LogP contribution in [0.1, 0.15) is 22.6 Å². The molecule has 0 amide bonds. The summed E-state index contributed by atoms with van der Waals surface area (Å²) in [5.74, 6) is 0.360. The van der Waals surface area contributed by atoms with Crippen molar-refractivity contribution in [3.8, 4) is 11.3 Å². The van der Waals surface area contributed by atoms with Crippen LogP contribution in [0.4, 0.5) is 0 Å². The molecule has 1 atom stereocenters. The Kier molecular flexibility index (Phi) is 3.57. The Morgan fingerprint density at radius 1 is 1.08 bits per heavy atom. The summed E-state index contributed by atoms with van der Waals surface area (Å²) in [7, 11) is 2.18. The van der Waals surface area contributed by atoms with Gasteiger partial charge in [0.2, 0.25) is 0 Å². The lowest BCUT2D eigenvalue weighted by atomic mass is 9.83. The third-order valence-electron chi connectivity index (χ3n) is 5.19. The van der Waals surface area contributed by atoms with Crippen molar-refractivity contribution in [1.29, 1.82) is 0 Å². The van der Waals surface area contributed by atoms with Gasteiger partial charge in [0, 0.05) is 42.4 Å². The Labute approximate surface area is 152 Å². The van der Waals surface area contributed by atoms with Gasteiger partial charge in [-0.1, -0.05) is 18.2 Å². The first-order valence-electron chi connectivity index (χ1n) is 8.83. The summed E-state index contributed by atoms with van der Waals surface area (Å²) in [5, 5.41) is 1.16. The van der Waals surface area contributed by atoms with Crippen molar-refractivity contribution in [2.45, 2.75) is 12.5 Å². The van der Waals surface area contributed by atoms with Crippen LogP contribution in [0.25, 0.3) is 22.2 Å². The van der Waals surface area contributed by atoms with E-state index in [4.69, 9.17) is 4.42 Å². The monoisotopic (exact) mass is 341 g/mol. The molecule has 1 unspecified atom stereocenters. The molecule has 0 bridgehead atoms. The Morgan fingerprint density at radius 2 is 2.04 bits per heavy atom. The normalized spacial score (nSPS) is 17.3. The van der Waals surface area contributed by atoms with E-state index >= 15 is 0 Å². The lowest BCUT2D eigenvalue weighted by Crippen LogP contribution is -2.31. The van der Waals surface area contributed by atoms with Crippen LogP contribution in [0, 0.1) is 0 Å². The van der Waals surface area contributed by atoms with E-state index in [2.05, 4.69) is 58.3 Å². The SMILES string of the molecule is CN1Cc2cc(-c3cnccn3)ccc2C(c2ccc3occc3c2)C1. The summed E-state index contributed by atoms with van der Waals surface area (Å²) >= 11 is 0. The van der Waals surface area contributed by atoms with E-state index < -0.39 is 0 Å². The van der Waals surface area contributed by atoms with Crippen LogP contribution in [0.2, 0.25) is 0 Å². The molecule has 4 heteroatoms. The number of fused-ring (bicyclic) bond motifs is 2. The van der Waals surface area contributed by atoms with Crippen LogP contribution in [-0.2, 0) is 6.54 Å². The van der Waals surface area contributed by atoms with E-state index in [1.807, 2.05) is 12.3 Å². The molecule has 0 N–H and O–H groups in total. The van der Waals surface area contributed by atoms with Crippen LogP contribution >= 0.6 is 0 Å². The molecule has 0 fully saturated rings. The van der Waals surface area contributed by atoms with E-state index in [0.29, 0.717) is 5.92 Å². The third kappa shape index (κ3) is 2.59. The number of furan rings is 1. The van der Waals surface area contributed by atoms with Crippen LogP contribution in [0.5, 0.6) is 0 Å². The molecule has 26 heavy (non-hydrogen) atoms. The maximum atomic E-state index is 5.49. The van der Waals surface area contributed by atoms with Gasteiger partial charge in [-0.15, -0.1) is 0 Å². The van der Waals surface area contributed by atoms with E-state index in [9.17, 15) is 0 Å². The minimum absolute atomic E-state index is 0.360. The number of aromatic nitrogens is 2. The van der Waals surface area contributed by atoms with Crippen molar-refractivity contribution < 1.29 is 4.42 Å². The van der Waals surface area contributed by atoms with Crippen molar-refractivity contribution in [3.05, 3.63) is 84.0 Å². The van der Waals surface area contributed by atoms with Crippen LogP contribution in [-0.4, -0.2) is 28.5 Å². The summed E-state index contributed by atoms with van der Waals surface area (Å²) in [4.78, 5) is 11.0. The first kappa shape index (κ1) is 15.3. The van der Waals surface area contributed by atoms with Gasteiger partial charge in [0.25, 0.3) is 0 Å². The number of hydrogen-bond acceptors (Lipinski definition) is 4. The molecule has 0 saturated carbocycles. The van der Waals surface area contributed by atoms with Crippen molar-refractivity contribution in [1.82, 2.24) is 14.9 Å². The summed E-state index contributed by atoms with van der Waals surface area (Å²) < 4.78 is 5.49. The van der Waals surface area contributed by atoms with Crippen LogP contribution in [0.15, 0.2) is 71.7 Å². The fourth-order valence-electron chi connectivity index (χ4n) is 3.94. The zero-order valence-corrected chi connectivity index (χ0v) is 14.6. The maximum Gasteiger partial charge on any atom is 0.133 e. The van der Waals surface area contributed by atoms with E-state index in [1.165, 1.54) is 16.7 Å². The standard InChI is InChI=1S/C22H19N3O/c1-25-13-18-11-16(21-12-23-7-8-24-21)2-4-19(18)20(14-25)15-3-5-22-17(10-15)6-9-26-22/h2-12,20H,13-14H2,1H3. The highest BCUT2D eigenvalue weighted by molar-refractivity contribution is 5.78. The predicted octanol–water partition coefficient (Wildman–Crippen LogP) is 4.47. The molecule has 5 rings (SSSR count). The average molecular weight is 341 g/mol. The van der Waals surface area contributed by atoms with E-state index in [1.54, 1.807) is 18.7 Å². The summed E-state index contributed by atoms with van der Waals surface area (Å²) in [5.41, 5.74) is 7.07. The molecule has 0 radical (unpaired) electrons. The quantitative estimate of drug-likeness (QED) is 0.539. The molecule has 128 valence electrons. The van der Waals surface area contributed by atoms with E-state index in [0.717, 1.165) is 35.3 Å². The molecule has 4 aromatic rings. The van der Waals surface area contributed by atoms with Gasteiger partial charge in [-0.2, -0.15) is 0 Å². The average Bonchev–Trinajstić information content (AvgIpc) is 3.15. The van der Waals surface area contributed by atoms with Crippen molar-refractivity contribution in [3.63, 3.8) is 0 Å². The highest BCUT2D eigenvalue weighted by Gasteiger charge is 2.25. The fourth-order valence-corrected chi connectivity index (χ4v) is 3.94. The number of hydrogen-bond donors (Lipinski definition) is 0. The molecule has 1 aliphatic rings. The molecule has 2 aromatic heterocycles. The van der Waals surface area contributed by atoms with Gasteiger partial charge in [-0.05, 0) is 48.0 Å². The molecule has 0 spiro atoms. The predicted molar refractivity (Wildman–Crippen MR) is 102 cm³/mol. The van der Waals surface area contributed by atoms with Gasteiger partial charge in [0.1, 0.15) is 5.58 Å². The largest absolute Gasteiger partial charge is 0.464 e. The molecule has 3 heterocycles. The Morgan fingerprint density at radius 3 is 2.92 bits per heavy atom. The van der Waals surface area contributed by atoms with Crippen molar-refractivity contribution in [2.24, 2.45) is 0 Å². The fraction of sp³-hybridized carbons (Fsp3) is 0.182. The second kappa shape index (κ2) is 6.07. The molecule has 2 aromatic carbocycles. The number of benzene rings is 2. The molecule has 4 nitrogen and oxygen atoms in total. The Hall–Kier alpha value is -2.98. The summed E-state index contributed by atoms with van der Waals surface area (Å²) in [6.07, 6.45) is 7.02. The van der Waals surface area contributed by atoms with Crippen molar-refractivity contribution in [2.75, 3.05) is 13.6 Å². The zero-order chi connectivity index (χ0) is 17.5. The van der Waals surface area contributed by atoms with E-state index in [-0.39, 0.29) is 0 Å². The molecule has 1 aliphatic heterocycles. The first-order valence-corrected chi connectivity index (χ1v) is 8.83. The lowest BCUT2D eigenvalue weighted by Gasteiger charge is -2.33. The number of nitrogens with zero attached hydrogens (tertiary/aromatic N) is 3. The zero-order valence-electron chi connectivity index (χ0n) is 14.6. The molecular weight excluding hydrogens is 322 g/mol. The maximum absolute atomic E-state index is 5.49. The second-order valence-electron chi connectivity index (χ2n) is 6.97. The highest BCUT2D eigenvalue weighted by Crippen LogP contribution is 2.36. The molecule has 0 saturated heterocycles. The highest BCUT2D eigenvalue weighted by atomic mass is 16.3. The minimum atomic E-state index is 0.360. The van der Waals surface area contributed by atoms with Gasteiger partial charge in [-0.3, -0.25) is 9.97 Å². The smallest absolute Gasteiger partial charge is 0.133 e. The number of likely N-dealkylation sites (N-methyl/N-ethyl adjacent to an activating group) is 1. The Bertz CT molecular complexity index is 1070. The third-order valence-corrected chi connectivity index (χ3v) is 5.19. The summed E-state index contributed by atoms with van der Waals surface area (Å²) in [6.45, 7) is 1.97. The van der Waals surface area contributed by atoms with Gasteiger partial charge in [-0.25, -0.2) is 0 Å². The van der Waals surface area contributed by atoms with Crippen LogP contribution < -0.4 is 0 Å². The number of rotatable bonds is 2. The first-order chi connectivity index (χ1) is 12.8. The topological polar surface area (TPSA) is 42.2 Å². The van der Waals surface area contributed by atoms with Crippen molar-refractivity contribution >= 4 is 11.0 Å². The van der Waals surface area contributed by atoms with Gasteiger partial charge in [0.05, 0.1) is 18.2 Å². The second-order valence-corrected chi connectivity index (χ2v) is 6.97. The van der Waals surface area contributed by atoms with Gasteiger partial charge >= 0.3 is 0 Å². The molecule has 0 aliphatic carbocycles. The summed E-state index contributed by atoms with van der Waals surface area (Å²) in [6, 6.07) is 15.2.